The third-order valence-electron chi connectivity index (χ3n) is 3.86. The predicted octanol–water partition coefficient (Wildman–Crippen LogP) is 5.99. The highest BCUT2D eigenvalue weighted by Gasteiger charge is 2.17. The molecule has 0 spiro atoms. The third kappa shape index (κ3) is 3.60. The number of aromatic nitrogens is 1. The number of pyridine rings is 1. The van der Waals surface area contributed by atoms with Crippen LogP contribution in [0.15, 0.2) is 54.9 Å². The van der Waals surface area contributed by atoms with E-state index in [2.05, 4.69) is 11.9 Å². The Hall–Kier alpha value is -2.33. The Labute approximate surface area is 145 Å². The monoisotopic (exact) mass is 339 g/mol. The fraction of sp³-hybridized carbons (Fsp3) is 0.200. The lowest BCUT2D eigenvalue weighted by Crippen LogP contribution is -1.94. The molecule has 0 N–H and O–H groups in total. The van der Waals surface area contributed by atoms with Crippen molar-refractivity contribution in [1.29, 1.82) is 0 Å². The zero-order chi connectivity index (χ0) is 16.9. The fourth-order valence-electron chi connectivity index (χ4n) is 2.55. The van der Waals surface area contributed by atoms with Crippen molar-refractivity contribution in [3.8, 4) is 21.6 Å². The maximum Gasteiger partial charge on any atom is 0.172 e. The number of ketones is 1. The molecule has 0 aliphatic heterocycles. The van der Waals surface area contributed by atoms with Crippen LogP contribution in [0.3, 0.4) is 0 Å². The number of hydrogen-bond donors (Lipinski definition) is 0. The average Bonchev–Trinajstić information content (AvgIpc) is 3.06. The molecule has 0 unspecified atom stereocenters. The van der Waals surface area contributed by atoms with Gasteiger partial charge in [-0.3, -0.25) is 9.78 Å². The molecule has 0 saturated carbocycles. The van der Waals surface area contributed by atoms with Crippen LogP contribution < -0.4 is 0 Å². The number of rotatable bonds is 6. The van der Waals surface area contributed by atoms with Crippen molar-refractivity contribution in [2.45, 2.75) is 26.2 Å². The first-order chi connectivity index (χ1) is 11.7. The normalized spacial score (nSPS) is 10.8. The molecule has 2 nitrogen and oxygen atoms in total. The van der Waals surface area contributed by atoms with E-state index in [9.17, 15) is 9.18 Å². The molecule has 0 fully saturated rings. The largest absolute Gasteiger partial charge is 0.293 e. The van der Waals surface area contributed by atoms with Crippen molar-refractivity contribution in [1.82, 2.24) is 4.98 Å². The third-order valence-corrected chi connectivity index (χ3v) is 5.09. The van der Waals surface area contributed by atoms with Crippen LogP contribution in [-0.2, 0) is 0 Å². The van der Waals surface area contributed by atoms with E-state index in [0.717, 1.165) is 39.3 Å². The second-order valence-corrected chi connectivity index (χ2v) is 6.68. The summed E-state index contributed by atoms with van der Waals surface area (Å²) < 4.78 is 13.2. The lowest BCUT2D eigenvalue weighted by Gasteiger charge is -2.04. The van der Waals surface area contributed by atoms with Crippen molar-refractivity contribution in [3.05, 3.63) is 65.6 Å². The van der Waals surface area contributed by atoms with Gasteiger partial charge in [0.1, 0.15) is 5.82 Å². The van der Waals surface area contributed by atoms with Gasteiger partial charge in [0.2, 0.25) is 0 Å². The SMILES string of the molecule is CCCCC(=O)c1cc(-c2ccncc2)c(-c2ccc(F)cc2)s1. The summed E-state index contributed by atoms with van der Waals surface area (Å²) in [4.78, 5) is 18.2. The van der Waals surface area contributed by atoms with Gasteiger partial charge in [0.25, 0.3) is 0 Å². The number of carbonyl (C=O) groups is 1. The number of benzene rings is 1. The summed E-state index contributed by atoms with van der Waals surface area (Å²) in [5.41, 5.74) is 2.92. The van der Waals surface area contributed by atoms with Crippen LogP contribution >= 0.6 is 11.3 Å². The number of unbranched alkanes of at least 4 members (excludes halogenated alkanes) is 1. The molecule has 2 heterocycles. The highest BCUT2D eigenvalue weighted by Crippen LogP contribution is 2.39. The lowest BCUT2D eigenvalue weighted by molar-refractivity contribution is 0.0983. The van der Waals surface area contributed by atoms with Crippen molar-refractivity contribution in [2.75, 3.05) is 0 Å². The minimum absolute atomic E-state index is 0.172. The van der Waals surface area contributed by atoms with E-state index in [4.69, 9.17) is 0 Å². The first-order valence-electron chi connectivity index (χ1n) is 8.02. The van der Waals surface area contributed by atoms with Crippen LogP contribution in [0.5, 0.6) is 0 Å². The van der Waals surface area contributed by atoms with Crippen LogP contribution in [0.4, 0.5) is 4.39 Å². The van der Waals surface area contributed by atoms with Gasteiger partial charge >= 0.3 is 0 Å². The van der Waals surface area contributed by atoms with Crippen molar-refractivity contribution in [2.24, 2.45) is 0 Å². The molecule has 24 heavy (non-hydrogen) atoms. The van der Waals surface area contributed by atoms with Crippen LogP contribution in [-0.4, -0.2) is 10.8 Å². The van der Waals surface area contributed by atoms with Gasteiger partial charge in [0, 0.05) is 29.3 Å². The molecule has 3 aromatic rings. The van der Waals surface area contributed by atoms with Crippen molar-refractivity contribution in [3.63, 3.8) is 0 Å². The topological polar surface area (TPSA) is 30.0 Å². The number of nitrogens with zero attached hydrogens (tertiary/aromatic N) is 1. The van der Waals surface area contributed by atoms with Gasteiger partial charge in [0.15, 0.2) is 5.78 Å². The Balaban J connectivity index is 2.06. The highest BCUT2D eigenvalue weighted by atomic mass is 32.1. The molecular weight excluding hydrogens is 321 g/mol. The van der Waals surface area contributed by atoms with Gasteiger partial charge < -0.3 is 0 Å². The molecule has 0 bridgehead atoms. The van der Waals surface area contributed by atoms with Crippen LogP contribution in [0, 0.1) is 5.82 Å². The average molecular weight is 339 g/mol. The Morgan fingerprint density at radius 3 is 2.46 bits per heavy atom. The summed E-state index contributed by atoms with van der Waals surface area (Å²) in [6.45, 7) is 2.08. The summed E-state index contributed by atoms with van der Waals surface area (Å²) in [6.07, 6.45) is 5.93. The number of hydrogen-bond acceptors (Lipinski definition) is 3. The molecule has 0 aliphatic carbocycles. The maximum absolute atomic E-state index is 13.2. The van der Waals surface area contributed by atoms with Crippen LogP contribution in [0.25, 0.3) is 21.6 Å². The Morgan fingerprint density at radius 1 is 1.08 bits per heavy atom. The fourth-order valence-corrected chi connectivity index (χ4v) is 3.70. The maximum atomic E-state index is 13.2. The molecule has 122 valence electrons. The predicted molar refractivity (Wildman–Crippen MR) is 96.8 cm³/mol. The molecule has 0 amide bonds. The number of halogens is 1. The number of thiophene rings is 1. The first kappa shape index (κ1) is 16.5. The smallest absolute Gasteiger partial charge is 0.172 e. The minimum Gasteiger partial charge on any atom is -0.293 e. The van der Waals surface area contributed by atoms with E-state index in [1.54, 1.807) is 24.5 Å². The number of Topliss-reactive ketones (excluding diaryl/α,β-unsaturated/α-hetero) is 1. The molecule has 0 radical (unpaired) electrons. The van der Waals surface area contributed by atoms with E-state index in [1.165, 1.54) is 23.5 Å². The second-order valence-electron chi connectivity index (χ2n) is 5.62. The summed E-state index contributed by atoms with van der Waals surface area (Å²) in [7, 11) is 0. The van der Waals surface area contributed by atoms with Gasteiger partial charge in [0.05, 0.1) is 4.88 Å². The van der Waals surface area contributed by atoms with Crippen molar-refractivity contribution >= 4 is 17.1 Å². The summed E-state index contributed by atoms with van der Waals surface area (Å²) in [5, 5.41) is 0. The van der Waals surface area contributed by atoms with E-state index in [-0.39, 0.29) is 11.6 Å². The van der Waals surface area contributed by atoms with Gasteiger partial charge in [-0.25, -0.2) is 4.39 Å². The van der Waals surface area contributed by atoms with E-state index >= 15 is 0 Å². The first-order valence-corrected chi connectivity index (χ1v) is 8.84. The lowest BCUT2D eigenvalue weighted by atomic mass is 10.0. The number of carbonyl (C=O) groups excluding carboxylic acids is 1. The minimum atomic E-state index is -0.264. The van der Waals surface area contributed by atoms with Gasteiger partial charge in [-0.15, -0.1) is 11.3 Å². The van der Waals surface area contributed by atoms with E-state index < -0.39 is 0 Å². The standard InChI is InChI=1S/C20H18FNOS/c1-2-3-4-18(23)19-13-17(14-9-11-22-12-10-14)20(24-19)15-5-7-16(21)8-6-15/h5-13H,2-4H2,1H3. The molecule has 4 heteroatoms. The molecular formula is C20H18FNOS. The van der Waals surface area contributed by atoms with Gasteiger partial charge in [-0.1, -0.05) is 25.5 Å². The van der Waals surface area contributed by atoms with E-state index in [1.807, 2.05) is 18.2 Å². The zero-order valence-corrected chi connectivity index (χ0v) is 14.3. The van der Waals surface area contributed by atoms with Gasteiger partial charge in [-0.2, -0.15) is 0 Å². The Bertz CT molecular complexity index is 825. The highest BCUT2D eigenvalue weighted by molar-refractivity contribution is 7.18. The zero-order valence-electron chi connectivity index (χ0n) is 13.5. The van der Waals surface area contributed by atoms with Gasteiger partial charge in [-0.05, 0) is 47.9 Å². The summed E-state index contributed by atoms with van der Waals surface area (Å²) in [5.74, 6) is -0.0921. The summed E-state index contributed by atoms with van der Waals surface area (Å²) >= 11 is 1.48. The Kier molecular flexibility index (Phi) is 5.16. The van der Waals surface area contributed by atoms with Crippen molar-refractivity contribution < 1.29 is 9.18 Å². The molecule has 0 atom stereocenters. The molecule has 1 aromatic carbocycles. The second kappa shape index (κ2) is 7.49. The molecule has 0 saturated heterocycles. The van der Waals surface area contributed by atoms with Crippen LogP contribution in [0.1, 0.15) is 35.9 Å². The van der Waals surface area contributed by atoms with E-state index in [0.29, 0.717) is 6.42 Å². The van der Waals surface area contributed by atoms with Crippen LogP contribution in [0.2, 0.25) is 0 Å². The Morgan fingerprint density at radius 2 is 1.79 bits per heavy atom. The quantitative estimate of drug-likeness (QED) is 0.516. The molecule has 0 aliphatic rings. The molecule has 2 aromatic heterocycles. The molecule has 3 rings (SSSR count). The summed E-state index contributed by atoms with van der Waals surface area (Å²) in [6, 6.07) is 12.2.